The van der Waals surface area contributed by atoms with Gasteiger partial charge in [-0.15, -0.1) is 0 Å². The number of fused-ring (bicyclic) bond motifs is 1. The Hall–Kier alpha value is -1.62. The number of rotatable bonds is 6. The monoisotopic (exact) mass is 262 g/mol. The van der Waals surface area contributed by atoms with Crippen LogP contribution in [0.1, 0.15) is 45.2 Å². The van der Waals surface area contributed by atoms with Crippen molar-refractivity contribution in [2.45, 2.75) is 45.6 Å². The van der Waals surface area contributed by atoms with Gasteiger partial charge in [-0.25, -0.2) is 9.50 Å². The van der Waals surface area contributed by atoms with Crippen LogP contribution >= 0.6 is 0 Å². The topological polar surface area (TPSA) is 62.5 Å². The minimum absolute atomic E-state index is 0.247. The molecule has 5 heteroatoms. The summed E-state index contributed by atoms with van der Waals surface area (Å²) in [7, 11) is 0. The second-order valence-electron chi connectivity index (χ2n) is 5.11. The molecule has 2 aromatic rings. The third-order valence-corrected chi connectivity index (χ3v) is 3.24. The van der Waals surface area contributed by atoms with Gasteiger partial charge in [0.1, 0.15) is 5.52 Å². The highest BCUT2D eigenvalue weighted by molar-refractivity contribution is 5.67. The van der Waals surface area contributed by atoms with Gasteiger partial charge in [-0.2, -0.15) is 5.10 Å². The maximum Gasteiger partial charge on any atom is 0.152 e. The SMILES string of the molecule is CCC(O)CCNc1nccn2nc(C(C)C)cc12. The highest BCUT2D eigenvalue weighted by atomic mass is 16.3. The normalized spacial score (nSPS) is 13.1. The Morgan fingerprint density at radius 1 is 1.42 bits per heavy atom. The predicted molar refractivity (Wildman–Crippen MR) is 76.5 cm³/mol. The largest absolute Gasteiger partial charge is 0.393 e. The van der Waals surface area contributed by atoms with E-state index in [4.69, 9.17) is 0 Å². The summed E-state index contributed by atoms with van der Waals surface area (Å²) in [6, 6.07) is 2.07. The molecule has 104 valence electrons. The van der Waals surface area contributed by atoms with E-state index < -0.39 is 0 Å². The average molecular weight is 262 g/mol. The van der Waals surface area contributed by atoms with Crippen molar-refractivity contribution in [1.82, 2.24) is 14.6 Å². The zero-order chi connectivity index (χ0) is 13.8. The fourth-order valence-electron chi connectivity index (χ4n) is 1.92. The second-order valence-corrected chi connectivity index (χ2v) is 5.11. The Labute approximate surface area is 113 Å². The van der Waals surface area contributed by atoms with Gasteiger partial charge in [0.2, 0.25) is 0 Å². The lowest BCUT2D eigenvalue weighted by atomic mass is 10.1. The molecule has 0 aliphatic carbocycles. The maximum absolute atomic E-state index is 9.55. The van der Waals surface area contributed by atoms with Crippen LogP contribution < -0.4 is 5.32 Å². The molecule has 0 amide bonds. The van der Waals surface area contributed by atoms with Crippen LogP contribution in [0.2, 0.25) is 0 Å². The molecule has 19 heavy (non-hydrogen) atoms. The Kier molecular flexibility index (Phi) is 4.37. The van der Waals surface area contributed by atoms with E-state index in [2.05, 4.69) is 35.3 Å². The molecule has 0 saturated carbocycles. The van der Waals surface area contributed by atoms with Crippen LogP contribution in [0.3, 0.4) is 0 Å². The summed E-state index contributed by atoms with van der Waals surface area (Å²) in [5, 5.41) is 17.3. The Balaban J connectivity index is 2.14. The minimum atomic E-state index is -0.247. The minimum Gasteiger partial charge on any atom is -0.393 e. The van der Waals surface area contributed by atoms with Gasteiger partial charge in [-0.3, -0.25) is 0 Å². The van der Waals surface area contributed by atoms with Gasteiger partial charge in [0.05, 0.1) is 11.8 Å². The first-order valence-electron chi connectivity index (χ1n) is 6.88. The van der Waals surface area contributed by atoms with Crippen molar-refractivity contribution in [3.05, 3.63) is 24.2 Å². The van der Waals surface area contributed by atoms with E-state index in [9.17, 15) is 5.11 Å². The first-order valence-corrected chi connectivity index (χ1v) is 6.88. The van der Waals surface area contributed by atoms with E-state index in [1.807, 2.05) is 17.6 Å². The lowest BCUT2D eigenvalue weighted by Gasteiger charge is -2.09. The molecule has 1 atom stereocenters. The quantitative estimate of drug-likeness (QED) is 0.839. The van der Waals surface area contributed by atoms with E-state index >= 15 is 0 Å². The van der Waals surface area contributed by atoms with E-state index in [-0.39, 0.29) is 6.10 Å². The Morgan fingerprint density at radius 3 is 2.89 bits per heavy atom. The molecule has 2 heterocycles. The summed E-state index contributed by atoms with van der Waals surface area (Å²) in [5.74, 6) is 1.22. The average Bonchev–Trinajstić information content (AvgIpc) is 2.83. The summed E-state index contributed by atoms with van der Waals surface area (Å²) < 4.78 is 1.85. The third-order valence-electron chi connectivity index (χ3n) is 3.24. The van der Waals surface area contributed by atoms with Crippen molar-refractivity contribution < 1.29 is 5.11 Å². The molecule has 2 N–H and O–H groups in total. The molecule has 1 unspecified atom stereocenters. The molecule has 2 rings (SSSR count). The van der Waals surface area contributed by atoms with Crippen LogP contribution in [0.4, 0.5) is 5.82 Å². The fraction of sp³-hybridized carbons (Fsp3) is 0.571. The van der Waals surface area contributed by atoms with Crippen LogP contribution in [-0.2, 0) is 0 Å². The third kappa shape index (κ3) is 3.23. The molecule has 0 fully saturated rings. The summed E-state index contributed by atoms with van der Waals surface area (Å²) in [6.07, 6.45) is 4.85. The predicted octanol–water partition coefficient (Wildman–Crippen LogP) is 2.43. The van der Waals surface area contributed by atoms with Crippen molar-refractivity contribution in [3.8, 4) is 0 Å². The summed E-state index contributed by atoms with van der Waals surface area (Å²) >= 11 is 0. The Morgan fingerprint density at radius 2 is 2.21 bits per heavy atom. The number of anilines is 1. The molecule has 0 bridgehead atoms. The van der Waals surface area contributed by atoms with Gasteiger partial charge in [0, 0.05) is 18.9 Å². The molecule has 0 aliphatic heterocycles. The fourth-order valence-corrected chi connectivity index (χ4v) is 1.92. The summed E-state index contributed by atoms with van der Waals surface area (Å²) in [5.41, 5.74) is 2.04. The van der Waals surface area contributed by atoms with Gasteiger partial charge < -0.3 is 10.4 Å². The van der Waals surface area contributed by atoms with Crippen LogP contribution in [0, 0.1) is 0 Å². The molecule has 0 aromatic carbocycles. The molecule has 0 saturated heterocycles. The zero-order valence-electron chi connectivity index (χ0n) is 11.8. The smallest absolute Gasteiger partial charge is 0.152 e. The standard InChI is InChI=1S/C14H22N4O/c1-4-11(19)5-6-15-14-13-9-12(10(2)3)17-18(13)8-7-16-14/h7-11,19H,4-6H2,1-3H3,(H,15,16). The van der Waals surface area contributed by atoms with E-state index in [1.165, 1.54) is 0 Å². The van der Waals surface area contributed by atoms with Crippen molar-refractivity contribution >= 4 is 11.3 Å². The van der Waals surface area contributed by atoms with Gasteiger partial charge in [-0.1, -0.05) is 20.8 Å². The van der Waals surface area contributed by atoms with E-state index in [0.717, 1.165) is 29.9 Å². The molecule has 0 radical (unpaired) electrons. The van der Waals surface area contributed by atoms with Crippen LogP contribution in [-0.4, -0.2) is 32.4 Å². The molecule has 2 aromatic heterocycles. The zero-order valence-corrected chi connectivity index (χ0v) is 11.8. The second kappa shape index (κ2) is 6.02. The number of hydrogen-bond donors (Lipinski definition) is 2. The first-order chi connectivity index (χ1) is 9.11. The molecule has 5 nitrogen and oxygen atoms in total. The van der Waals surface area contributed by atoms with Crippen molar-refractivity contribution in [2.75, 3.05) is 11.9 Å². The molecule has 0 aliphatic rings. The van der Waals surface area contributed by atoms with Crippen LogP contribution in [0.5, 0.6) is 0 Å². The Bertz CT molecular complexity index is 535. The van der Waals surface area contributed by atoms with Crippen molar-refractivity contribution in [1.29, 1.82) is 0 Å². The van der Waals surface area contributed by atoms with Gasteiger partial charge in [0.25, 0.3) is 0 Å². The number of aliphatic hydroxyl groups excluding tert-OH is 1. The molecule has 0 spiro atoms. The highest BCUT2D eigenvalue weighted by Gasteiger charge is 2.09. The maximum atomic E-state index is 9.55. The van der Waals surface area contributed by atoms with Crippen molar-refractivity contribution in [3.63, 3.8) is 0 Å². The van der Waals surface area contributed by atoms with Gasteiger partial charge in [-0.05, 0) is 24.8 Å². The van der Waals surface area contributed by atoms with Gasteiger partial charge in [0.15, 0.2) is 5.82 Å². The highest BCUT2D eigenvalue weighted by Crippen LogP contribution is 2.19. The van der Waals surface area contributed by atoms with Crippen LogP contribution in [0.15, 0.2) is 18.5 Å². The van der Waals surface area contributed by atoms with Crippen LogP contribution in [0.25, 0.3) is 5.52 Å². The lowest BCUT2D eigenvalue weighted by molar-refractivity contribution is 0.164. The molecular weight excluding hydrogens is 240 g/mol. The lowest BCUT2D eigenvalue weighted by Crippen LogP contribution is -2.13. The number of aliphatic hydroxyl groups is 1. The number of nitrogens with zero attached hydrogens (tertiary/aromatic N) is 3. The van der Waals surface area contributed by atoms with Gasteiger partial charge >= 0.3 is 0 Å². The number of hydrogen-bond acceptors (Lipinski definition) is 4. The number of nitrogens with one attached hydrogen (secondary N) is 1. The summed E-state index contributed by atoms with van der Waals surface area (Å²) in [6.45, 7) is 6.94. The van der Waals surface area contributed by atoms with Crippen molar-refractivity contribution in [2.24, 2.45) is 0 Å². The van der Waals surface area contributed by atoms with E-state index in [1.54, 1.807) is 6.20 Å². The number of aromatic nitrogens is 3. The first kappa shape index (κ1) is 13.8. The molecular formula is C14H22N4O. The summed E-state index contributed by atoms with van der Waals surface area (Å²) in [4.78, 5) is 4.35. The van der Waals surface area contributed by atoms with E-state index in [0.29, 0.717) is 12.5 Å².